The summed E-state index contributed by atoms with van der Waals surface area (Å²) >= 11 is 1.86. The molecule has 0 fully saturated rings. The van der Waals surface area contributed by atoms with Gasteiger partial charge in [-0.05, 0) is 32.4 Å². The Hall–Kier alpha value is -0.830. The fourth-order valence-electron chi connectivity index (χ4n) is 1.66. The summed E-state index contributed by atoms with van der Waals surface area (Å²) in [5, 5.41) is 3.47. The Labute approximate surface area is 89.1 Å². The molecule has 3 heteroatoms. The van der Waals surface area contributed by atoms with E-state index in [0.717, 1.165) is 13.0 Å². The number of rotatable bonds is 2. The first-order valence-electron chi connectivity index (χ1n) is 5.12. The smallest absolute Gasteiger partial charge is 0.0968 e. The lowest BCUT2D eigenvalue weighted by atomic mass is 10.2. The maximum Gasteiger partial charge on any atom is 0.0968 e. The fourth-order valence-corrected chi connectivity index (χ4v) is 2.54. The summed E-state index contributed by atoms with van der Waals surface area (Å²) in [5.74, 6) is 1.18. The lowest BCUT2D eigenvalue weighted by Gasteiger charge is -2.12. The van der Waals surface area contributed by atoms with Gasteiger partial charge in [0, 0.05) is 22.7 Å². The number of aryl methyl sites for hydroxylation is 1. The minimum atomic E-state index is 0.408. The summed E-state index contributed by atoms with van der Waals surface area (Å²) in [7, 11) is 0. The minimum Gasteiger partial charge on any atom is -0.367 e. The van der Waals surface area contributed by atoms with Crippen molar-refractivity contribution in [3.05, 3.63) is 21.9 Å². The molecule has 76 valence electrons. The number of hydrogen-bond donors (Lipinski definition) is 1. The number of nitrogens with one attached hydrogen (secondary N) is 1. The van der Waals surface area contributed by atoms with Crippen LogP contribution in [0.25, 0.3) is 0 Å². The zero-order valence-corrected chi connectivity index (χ0v) is 9.53. The van der Waals surface area contributed by atoms with E-state index < -0.39 is 0 Å². The standard InChI is InChI=1S/C11H16N2S/c1-8-5-6-10(14-8)9(2)13-11-4-3-7-12-11/h5-6,9H,3-4,7H2,1-2H3,(H,12,13). The normalized spacial score (nSPS) is 18.0. The number of hydrogen-bond acceptors (Lipinski definition) is 3. The molecule has 0 amide bonds. The van der Waals surface area contributed by atoms with E-state index in [4.69, 9.17) is 0 Å². The summed E-state index contributed by atoms with van der Waals surface area (Å²) in [6.07, 6.45) is 2.33. The maximum atomic E-state index is 4.42. The van der Waals surface area contributed by atoms with Crippen LogP contribution in [0.2, 0.25) is 0 Å². The summed E-state index contributed by atoms with van der Waals surface area (Å²) in [6.45, 7) is 5.35. The first-order valence-corrected chi connectivity index (χ1v) is 5.93. The zero-order chi connectivity index (χ0) is 9.97. The number of amidine groups is 1. The van der Waals surface area contributed by atoms with Crippen LogP contribution >= 0.6 is 11.3 Å². The van der Waals surface area contributed by atoms with Crippen LogP contribution in [0.4, 0.5) is 0 Å². The molecule has 2 rings (SSSR count). The van der Waals surface area contributed by atoms with E-state index in [-0.39, 0.29) is 0 Å². The topological polar surface area (TPSA) is 24.4 Å². The van der Waals surface area contributed by atoms with Gasteiger partial charge < -0.3 is 5.32 Å². The van der Waals surface area contributed by atoms with E-state index >= 15 is 0 Å². The van der Waals surface area contributed by atoms with Crippen molar-refractivity contribution < 1.29 is 0 Å². The fraction of sp³-hybridized carbons (Fsp3) is 0.545. The second-order valence-corrected chi connectivity index (χ2v) is 5.07. The molecule has 1 aliphatic heterocycles. The molecule has 2 nitrogen and oxygen atoms in total. The van der Waals surface area contributed by atoms with Crippen molar-refractivity contribution in [1.29, 1.82) is 0 Å². The van der Waals surface area contributed by atoms with Gasteiger partial charge in [0.2, 0.25) is 0 Å². The molecule has 0 saturated carbocycles. The molecular weight excluding hydrogens is 192 g/mol. The van der Waals surface area contributed by atoms with Crippen molar-refractivity contribution in [1.82, 2.24) is 5.32 Å². The van der Waals surface area contributed by atoms with Crippen LogP contribution in [0.15, 0.2) is 17.1 Å². The molecule has 1 atom stereocenters. The highest BCUT2D eigenvalue weighted by atomic mass is 32.1. The van der Waals surface area contributed by atoms with E-state index in [0.29, 0.717) is 6.04 Å². The van der Waals surface area contributed by atoms with E-state index in [2.05, 4.69) is 36.3 Å². The molecule has 0 saturated heterocycles. The predicted octanol–water partition coefficient (Wildman–Crippen LogP) is 2.90. The van der Waals surface area contributed by atoms with Gasteiger partial charge >= 0.3 is 0 Å². The molecule has 1 aromatic rings. The van der Waals surface area contributed by atoms with Crippen LogP contribution in [0, 0.1) is 6.92 Å². The van der Waals surface area contributed by atoms with Crippen molar-refractivity contribution in [3.63, 3.8) is 0 Å². The first kappa shape index (κ1) is 9.71. The van der Waals surface area contributed by atoms with Gasteiger partial charge in [-0.15, -0.1) is 11.3 Å². The van der Waals surface area contributed by atoms with Crippen LogP contribution in [-0.2, 0) is 0 Å². The Morgan fingerprint density at radius 3 is 2.93 bits per heavy atom. The van der Waals surface area contributed by atoms with Gasteiger partial charge in [0.05, 0.1) is 11.9 Å². The minimum absolute atomic E-state index is 0.408. The highest BCUT2D eigenvalue weighted by Crippen LogP contribution is 2.22. The molecule has 0 spiro atoms. The van der Waals surface area contributed by atoms with Crippen LogP contribution < -0.4 is 5.32 Å². The van der Waals surface area contributed by atoms with Crippen molar-refractivity contribution in [2.24, 2.45) is 4.99 Å². The monoisotopic (exact) mass is 208 g/mol. The van der Waals surface area contributed by atoms with Crippen molar-refractivity contribution >= 4 is 17.2 Å². The Kier molecular flexibility index (Phi) is 2.87. The van der Waals surface area contributed by atoms with Gasteiger partial charge in [-0.1, -0.05) is 0 Å². The molecule has 0 aliphatic carbocycles. The summed E-state index contributed by atoms with van der Waals surface area (Å²) in [5.41, 5.74) is 0. The van der Waals surface area contributed by atoms with Gasteiger partial charge in [-0.3, -0.25) is 4.99 Å². The maximum absolute atomic E-state index is 4.42. The Morgan fingerprint density at radius 2 is 2.36 bits per heavy atom. The molecule has 14 heavy (non-hydrogen) atoms. The average Bonchev–Trinajstić information content (AvgIpc) is 2.75. The van der Waals surface area contributed by atoms with E-state index in [9.17, 15) is 0 Å². The Balaban J connectivity index is 1.98. The van der Waals surface area contributed by atoms with E-state index in [1.165, 1.54) is 22.0 Å². The summed E-state index contributed by atoms with van der Waals surface area (Å²) in [6, 6.07) is 4.78. The first-order chi connectivity index (χ1) is 6.75. The quantitative estimate of drug-likeness (QED) is 0.794. The van der Waals surface area contributed by atoms with Crippen molar-refractivity contribution in [2.75, 3.05) is 6.54 Å². The molecule has 2 heterocycles. The molecule has 1 N–H and O–H groups in total. The predicted molar refractivity (Wildman–Crippen MR) is 62.1 cm³/mol. The third-order valence-electron chi connectivity index (χ3n) is 2.45. The lowest BCUT2D eigenvalue weighted by molar-refractivity contribution is 0.723. The molecule has 0 aromatic carbocycles. The highest BCUT2D eigenvalue weighted by Gasteiger charge is 2.11. The molecule has 1 aliphatic rings. The van der Waals surface area contributed by atoms with Gasteiger partial charge in [-0.25, -0.2) is 0 Å². The lowest BCUT2D eigenvalue weighted by Crippen LogP contribution is -2.24. The van der Waals surface area contributed by atoms with E-state index in [1.807, 2.05) is 11.3 Å². The van der Waals surface area contributed by atoms with Gasteiger partial charge in [-0.2, -0.15) is 0 Å². The molecular formula is C11H16N2S. The van der Waals surface area contributed by atoms with Crippen LogP contribution in [0.3, 0.4) is 0 Å². The van der Waals surface area contributed by atoms with E-state index in [1.54, 1.807) is 0 Å². The summed E-state index contributed by atoms with van der Waals surface area (Å²) in [4.78, 5) is 7.20. The molecule has 0 radical (unpaired) electrons. The third-order valence-corrected chi connectivity index (χ3v) is 3.63. The van der Waals surface area contributed by atoms with Crippen molar-refractivity contribution in [3.8, 4) is 0 Å². The molecule has 1 unspecified atom stereocenters. The molecule has 1 aromatic heterocycles. The number of thiophene rings is 1. The molecule has 0 bridgehead atoms. The number of nitrogens with zero attached hydrogens (tertiary/aromatic N) is 1. The Bertz CT molecular complexity index is 341. The SMILES string of the molecule is Cc1ccc(C(C)NC2=NCCC2)s1. The number of aliphatic imine (C=N–C) groups is 1. The van der Waals surface area contributed by atoms with Gasteiger partial charge in [0.1, 0.15) is 0 Å². The largest absolute Gasteiger partial charge is 0.367 e. The zero-order valence-electron chi connectivity index (χ0n) is 8.71. The van der Waals surface area contributed by atoms with Crippen LogP contribution in [0.1, 0.15) is 35.6 Å². The van der Waals surface area contributed by atoms with Crippen LogP contribution in [-0.4, -0.2) is 12.4 Å². The second kappa shape index (κ2) is 4.13. The van der Waals surface area contributed by atoms with Crippen LogP contribution in [0.5, 0.6) is 0 Å². The third kappa shape index (κ3) is 2.15. The Morgan fingerprint density at radius 1 is 1.50 bits per heavy atom. The summed E-state index contributed by atoms with van der Waals surface area (Å²) < 4.78 is 0. The van der Waals surface area contributed by atoms with Crippen molar-refractivity contribution in [2.45, 2.75) is 32.7 Å². The average molecular weight is 208 g/mol. The highest BCUT2D eigenvalue weighted by molar-refractivity contribution is 7.12. The van der Waals surface area contributed by atoms with Gasteiger partial charge in [0.15, 0.2) is 0 Å². The van der Waals surface area contributed by atoms with Gasteiger partial charge in [0.25, 0.3) is 0 Å². The second-order valence-electron chi connectivity index (χ2n) is 3.75.